The van der Waals surface area contributed by atoms with E-state index in [4.69, 9.17) is 0 Å². The second-order valence-corrected chi connectivity index (χ2v) is 6.86. The van der Waals surface area contributed by atoms with E-state index in [-0.39, 0.29) is 5.56 Å². The van der Waals surface area contributed by atoms with Crippen molar-refractivity contribution in [3.05, 3.63) is 62.1 Å². The van der Waals surface area contributed by atoms with Gasteiger partial charge in [-0.25, -0.2) is 0 Å². The van der Waals surface area contributed by atoms with Crippen molar-refractivity contribution in [3.63, 3.8) is 0 Å². The van der Waals surface area contributed by atoms with Gasteiger partial charge in [0.1, 0.15) is 5.69 Å². The van der Waals surface area contributed by atoms with Crippen molar-refractivity contribution >= 4 is 5.69 Å². The summed E-state index contributed by atoms with van der Waals surface area (Å²) in [5.74, 6) is 0. The summed E-state index contributed by atoms with van der Waals surface area (Å²) in [5, 5.41) is 0. The van der Waals surface area contributed by atoms with E-state index in [1.54, 1.807) is 0 Å². The zero-order valence-electron chi connectivity index (χ0n) is 16.2. The van der Waals surface area contributed by atoms with Gasteiger partial charge in [-0.15, -0.1) is 0 Å². The summed E-state index contributed by atoms with van der Waals surface area (Å²) in [4.78, 5) is 15.0. The molecule has 0 saturated carbocycles. The van der Waals surface area contributed by atoms with Crippen molar-refractivity contribution in [2.24, 2.45) is 0 Å². The summed E-state index contributed by atoms with van der Waals surface area (Å²) in [6.45, 7) is 11.3. The molecule has 0 amide bonds. The topological polar surface area (TPSA) is 25.2 Å². The first-order valence-electron chi connectivity index (χ1n) is 8.79. The van der Waals surface area contributed by atoms with Crippen LogP contribution < -0.4 is 10.5 Å². The Morgan fingerprint density at radius 1 is 0.958 bits per heavy atom. The van der Waals surface area contributed by atoms with E-state index < -0.39 is 0 Å². The SMILES string of the molecule is CCc1c(Cc2cc(C)cc(C)c2)c(N(C)C)c(=O)n(CC)c1C. The van der Waals surface area contributed by atoms with Crippen molar-refractivity contribution in [1.29, 1.82) is 0 Å². The molecule has 1 aromatic heterocycles. The van der Waals surface area contributed by atoms with E-state index in [1.165, 1.54) is 27.8 Å². The number of pyridine rings is 1. The van der Waals surface area contributed by atoms with Crippen LogP contribution in [0.15, 0.2) is 23.0 Å². The fourth-order valence-corrected chi connectivity index (χ4v) is 3.81. The van der Waals surface area contributed by atoms with Gasteiger partial charge in [-0.1, -0.05) is 36.2 Å². The minimum atomic E-state index is 0.122. The van der Waals surface area contributed by atoms with Gasteiger partial charge in [-0.2, -0.15) is 0 Å². The van der Waals surface area contributed by atoms with E-state index >= 15 is 0 Å². The van der Waals surface area contributed by atoms with Gasteiger partial charge in [-0.3, -0.25) is 4.79 Å². The maximum Gasteiger partial charge on any atom is 0.274 e. The van der Waals surface area contributed by atoms with Gasteiger partial charge in [-0.05, 0) is 50.8 Å². The van der Waals surface area contributed by atoms with E-state index in [0.29, 0.717) is 6.54 Å². The molecular weight excluding hydrogens is 296 g/mol. The zero-order valence-corrected chi connectivity index (χ0v) is 16.2. The number of hydrogen-bond donors (Lipinski definition) is 0. The van der Waals surface area contributed by atoms with Gasteiger partial charge in [0, 0.05) is 32.8 Å². The molecular formula is C21H30N2O. The average Bonchev–Trinajstić information content (AvgIpc) is 2.46. The minimum Gasteiger partial charge on any atom is -0.373 e. The maximum atomic E-state index is 13.0. The normalized spacial score (nSPS) is 11.0. The highest BCUT2D eigenvalue weighted by molar-refractivity contribution is 5.58. The second-order valence-electron chi connectivity index (χ2n) is 6.86. The molecule has 0 saturated heterocycles. The van der Waals surface area contributed by atoms with Crippen LogP contribution in [0.4, 0.5) is 5.69 Å². The molecule has 2 rings (SSSR count). The highest BCUT2D eigenvalue weighted by Gasteiger charge is 2.19. The third-order valence-electron chi connectivity index (χ3n) is 4.72. The Kier molecular flexibility index (Phi) is 5.53. The smallest absolute Gasteiger partial charge is 0.274 e. The Balaban J connectivity index is 2.73. The standard InChI is InChI=1S/C21H30N2O/c1-8-18-16(5)23(9-2)21(24)20(22(6)7)19(18)13-17-11-14(3)10-15(4)12-17/h10-12H,8-9,13H2,1-7H3. The molecule has 0 aliphatic rings. The summed E-state index contributed by atoms with van der Waals surface area (Å²) >= 11 is 0. The van der Waals surface area contributed by atoms with E-state index in [2.05, 4.69) is 45.9 Å². The zero-order chi connectivity index (χ0) is 18.0. The van der Waals surface area contributed by atoms with Crippen molar-refractivity contribution in [3.8, 4) is 0 Å². The summed E-state index contributed by atoms with van der Waals surface area (Å²) in [6.07, 6.45) is 1.74. The molecule has 0 aliphatic carbocycles. The quantitative estimate of drug-likeness (QED) is 0.829. The maximum absolute atomic E-state index is 13.0. The van der Waals surface area contributed by atoms with Gasteiger partial charge in [0.2, 0.25) is 0 Å². The van der Waals surface area contributed by atoms with Crippen LogP contribution in [-0.2, 0) is 19.4 Å². The first-order chi connectivity index (χ1) is 11.3. The summed E-state index contributed by atoms with van der Waals surface area (Å²) in [5.41, 5.74) is 8.36. The molecule has 1 heterocycles. The molecule has 0 N–H and O–H groups in total. The third kappa shape index (κ3) is 3.40. The van der Waals surface area contributed by atoms with Crippen LogP contribution in [0.5, 0.6) is 0 Å². The van der Waals surface area contributed by atoms with E-state index in [9.17, 15) is 4.79 Å². The molecule has 130 valence electrons. The number of hydrogen-bond acceptors (Lipinski definition) is 2. The number of aromatic nitrogens is 1. The van der Waals surface area contributed by atoms with Crippen LogP contribution in [0.2, 0.25) is 0 Å². The molecule has 0 radical (unpaired) electrons. The van der Waals surface area contributed by atoms with Crippen LogP contribution in [-0.4, -0.2) is 18.7 Å². The van der Waals surface area contributed by atoms with Crippen molar-refractivity contribution in [1.82, 2.24) is 4.57 Å². The summed E-state index contributed by atoms with van der Waals surface area (Å²) in [6, 6.07) is 6.65. The third-order valence-corrected chi connectivity index (χ3v) is 4.72. The highest BCUT2D eigenvalue weighted by atomic mass is 16.1. The van der Waals surface area contributed by atoms with Gasteiger partial charge in [0.15, 0.2) is 0 Å². The first kappa shape index (κ1) is 18.3. The van der Waals surface area contributed by atoms with Crippen LogP contribution in [0.1, 0.15) is 47.4 Å². The van der Waals surface area contributed by atoms with E-state index in [0.717, 1.165) is 24.2 Å². The molecule has 0 unspecified atom stereocenters. The largest absolute Gasteiger partial charge is 0.373 e. The Bertz CT molecular complexity index is 780. The molecule has 0 aliphatic heterocycles. The number of nitrogens with zero attached hydrogens (tertiary/aromatic N) is 2. The molecule has 0 bridgehead atoms. The lowest BCUT2D eigenvalue weighted by Gasteiger charge is -2.24. The lowest BCUT2D eigenvalue weighted by molar-refractivity contribution is 0.684. The molecule has 2 aromatic rings. The number of benzene rings is 1. The van der Waals surface area contributed by atoms with Crippen molar-refractivity contribution in [2.45, 2.75) is 54.0 Å². The molecule has 1 aromatic carbocycles. The number of anilines is 1. The molecule has 24 heavy (non-hydrogen) atoms. The number of aryl methyl sites for hydroxylation is 2. The van der Waals surface area contributed by atoms with Crippen molar-refractivity contribution < 1.29 is 0 Å². The molecule has 0 atom stereocenters. The fraction of sp³-hybridized carbons (Fsp3) is 0.476. The van der Waals surface area contributed by atoms with Gasteiger partial charge >= 0.3 is 0 Å². The van der Waals surface area contributed by atoms with Crippen LogP contribution >= 0.6 is 0 Å². The van der Waals surface area contributed by atoms with E-state index in [1.807, 2.05) is 30.5 Å². The lowest BCUT2D eigenvalue weighted by Crippen LogP contribution is -2.31. The lowest BCUT2D eigenvalue weighted by atomic mass is 9.94. The molecule has 0 spiro atoms. The first-order valence-corrected chi connectivity index (χ1v) is 8.79. The Morgan fingerprint density at radius 3 is 2.00 bits per heavy atom. The number of rotatable bonds is 5. The minimum absolute atomic E-state index is 0.122. The summed E-state index contributed by atoms with van der Waals surface area (Å²) in [7, 11) is 3.94. The van der Waals surface area contributed by atoms with Crippen LogP contribution in [0.3, 0.4) is 0 Å². The molecule has 3 heteroatoms. The fourth-order valence-electron chi connectivity index (χ4n) is 3.81. The highest BCUT2D eigenvalue weighted by Crippen LogP contribution is 2.26. The predicted octanol–water partition coefficient (Wildman–Crippen LogP) is 4.01. The predicted molar refractivity (Wildman–Crippen MR) is 104 cm³/mol. The molecule has 0 fully saturated rings. The second kappa shape index (κ2) is 7.25. The Labute approximate surface area is 145 Å². The van der Waals surface area contributed by atoms with Crippen LogP contribution in [0, 0.1) is 20.8 Å². The van der Waals surface area contributed by atoms with Gasteiger partial charge < -0.3 is 9.47 Å². The summed E-state index contributed by atoms with van der Waals surface area (Å²) < 4.78 is 1.90. The average molecular weight is 326 g/mol. The van der Waals surface area contributed by atoms with Crippen LogP contribution in [0.25, 0.3) is 0 Å². The van der Waals surface area contributed by atoms with Crippen molar-refractivity contribution in [2.75, 3.05) is 19.0 Å². The Morgan fingerprint density at radius 2 is 1.54 bits per heavy atom. The van der Waals surface area contributed by atoms with Gasteiger partial charge in [0.05, 0.1) is 0 Å². The monoisotopic (exact) mass is 326 g/mol. The molecule has 3 nitrogen and oxygen atoms in total. The Hall–Kier alpha value is -2.03. The van der Waals surface area contributed by atoms with Gasteiger partial charge in [0.25, 0.3) is 5.56 Å².